The first kappa shape index (κ1) is 22.9. The van der Waals surface area contributed by atoms with E-state index in [-0.39, 0.29) is 12.7 Å². The van der Waals surface area contributed by atoms with Crippen LogP contribution in [0.3, 0.4) is 0 Å². The summed E-state index contributed by atoms with van der Waals surface area (Å²) in [6.07, 6.45) is -5.14. The summed E-state index contributed by atoms with van der Waals surface area (Å²) in [7, 11) is 0. The number of piperazine rings is 1. The largest absolute Gasteiger partial charge is 0.416 e. The Morgan fingerprint density at radius 1 is 1.07 bits per heavy atom. The fourth-order valence-corrected chi connectivity index (χ4v) is 3.63. The summed E-state index contributed by atoms with van der Waals surface area (Å²) < 4.78 is 44.5. The van der Waals surface area contributed by atoms with Crippen LogP contribution in [0.15, 0.2) is 48.5 Å². The van der Waals surface area contributed by atoms with Gasteiger partial charge < -0.3 is 14.7 Å². The summed E-state index contributed by atoms with van der Waals surface area (Å²) in [4.78, 5) is 4.04. The molecule has 0 spiro atoms. The molecule has 2 atom stereocenters. The Balaban J connectivity index is 1.43. The zero-order valence-electron chi connectivity index (χ0n) is 16.8. The van der Waals surface area contributed by atoms with Crippen molar-refractivity contribution in [1.82, 2.24) is 4.90 Å². The first-order chi connectivity index (χ1) is 14.2. The maximum absolute atomic E-state index is 12.9. The zero-order chi connectivity index (χ0) is 21.7. The van der Waals surface area contributed by atoms with E-state index in [1.54, 1.807) is 18.2 Å². The summed E-state index contributed by atoms with van der Waals surface area (Å²) in [5.41, 5.74) is 0.927. The number of hydrogen-bond acceptors (Lipinski definition) is 4. The van der Waals surface area contributed by atoms with Crippen molar-refractivity contribution in [2.75, 3.05) is 44.2 Å². The lowest BCUT2D eigenvalue weighted by Gasteiger charge is -2.37. The van der Waals surface area contributed by atoms with Gasteiger partial charge in [0.2, 0.25) is 0 Å². The lowest BCUT2D eigenvalue weighted by molar-refractivity contribution is -0.137. The molecule has 0 saturated carbocycles. The number of alkyl halides is 3. The fourth-order valence-electron chi connectivity index (χ4n) is 3.50. The van der Waals surface area contributed by atoms with Crippen LogP contribution in [0.25, 0.3) is 0 Å². The van der Waals surface area contributed by atoms with Gasteiger partial charge >= 0.3 is 6.18 Å². The summed E-state index contributed by atoms with van der Waals surface area (Å²) >= 11 is 5.89. The van der Waals surface area contributed by atoms with Gasteiger partial charge in [-0.2, -0.15) is 13.2 Å². The molecule has 30 heavy (non-hydrogen) atoms. The van der Waals surface area contributed by atoms with E-state index >= 15 is 0 Å². The minimum Gasteiger partial charge on any atom is -0.389 e. The predicted molar refractivity (Wildman–Crippen MR) is 112 cm³/mol. The second-order valence-electron chi connectivity index (χ2n) is 7.52. The highest BCUT2D eigenvalue weighted by Crippen LogP contribution is 2.31. The van der Waals surface area contributed by atoms with Gasteiger partial charge in [0.1, 0.15) is 0 Å². The van der Waals surface area contributed by atoms with Crippen molar-refractivity contribution in [2.45, 2.75) is 25.3 Å². The Hall–Kier alpha value is -1.80. The quantitative estimate of drug-likeness (QED) is 0.678. The van der Waals surface area contributed by atoms with Crippen LogP contribution in [0, 0.1) is 0 Å². The number of nitrogens with zero attached hydrogens (tertiary/aromatic N) is 2. The molecule has 8 heteroatoms. The number of ether oxygens (including phenoxy) is 1. The highest BCUT2D eigenvalue weighted by molar-refractivity contribution is 6.30. The summed E-state index contributed by atoms with van der Waals surface area (Å²) in [6.45, 7) is 5.14. The number of rotatable bonds is 7. The average molecular weight is 443 g/mol. The molecular formula is C22H26ClF3N2O2. The minimum absolute atomic E-state index is 0.158. The van der Waals surface area contributed by atoms with E-state index < -0.39 is 17.8 Å². The van der Waals surface area contributed by atoms with Gasteiger partial charge in [-0.15, -0.1) is 0 Å². The second kappa shape index (κ2) is 10.0. The van der Waals surface area contributed by atoms with Gasteiger partial charge in [-0.25, -0.2) is 0 Å². The molecule has 1 aliphatic rings. The normalized spacial score (nSPS) is 17.7. The summed E-state index contributed by atoms with van der Waals surface area (Å²) in [5, 5.41) is 11.0. The Morgan fingerprint density at radius 3 is 2.37 bits per heavy atom. The maximum atomic E-state index is 12.9. The van der Waals surface area contributed by atoms with Crippen molar-refractivity contribution in [3.63, 3.8) is 0 Å². The third kappa shape index (κ3) is 6.35. The Kier molecular flexibility index (Phi) is 7.63. The molecule has 0 aliphatic carbocycles. The van der Waals surface area contributed by atoms with E-state index in [1.165, 1.54) is 12.1 Å². The first-order valence-corrected chi connectivity index (χ1v) is 10.3. The molecule has 1 N–H and O–H groups in total. The molecule has 2 aromatic carbocycles. The number of anilines is 1. The monoisotopic (exact) mass is 442 g/mol. The van der Waals surface area contributed by atoms with E-state index in [4.69, 9.17) is 16.3 Å². The van der Waals surface area contributed by atoms with Crippen LogP contribution in [0.1, 0.15) is 24.2 Å². The Morgan fingerprint density at radius 2 is 1.73 bits per heavy atom. The molecule has 2 aromatic rings. The van der Waals surface area contributed by atoms with Crippen LogP contribution < -0.4 is 4.90 Å². The van der Waals surface area contributed by atoms with Crippen LogP contribution in [-0.4, -0.2) is 55.4 Å². The molecule has 0 amide bonds. The number of benzene rings is 2. The van der Waals surface area contributed by atoms with Crippen molar-refractivity contribution in [3.8, 4) is 0 Å². The second-order valence-corrected chi connectivity index (χ2v) is 7.95. The van der Waals surface area contributed by atoms with Gasteiger partial charge in [-0.1, -0.05) is 29.8 Å². The summed E-state index contributed by atoms with van der Waals surface area (Å²) in [6, 6.07) is 12.8. The fraction of sp³-hybridized carbons (Fsp3) is 0.455. The lowest BCUT2D eigenvalue weighted by Crippen LogP contribution is -2.49. The summed E-state index contributed by atoms with van der Waals surface area (Å²) in [5.74, 6) is 0. The molecule has 1 heterocycles. The number of hydrogen-bond donors (Lipinski definition) is 1. The van der Waals surface area contributed by atoms with Crippen LogP contribution in [0.4, 0.5) is 18.9 Å². The third-order valence-electron chi connectivity index (χ3n) is 5.26. The molecular weight excluding hydrogens is 417 g/mol. The highest BCUT2D eigenvalue weighted by Gasteiger charge is 2.31. The van der Waals surface area contributed by atoms with Crippen molar-refractivity contribution in [2.24, 2.45) is 0 Å². The Labute approximate surface area is 179 Å². The average Bonchev–Trinajstić information content (AvgIpc) is 2.72. The van der Waals surface area contributed by atoms with Crippen LogP contribution in [-0.2, 0) is 10.9 Å². The molecule has 1 saturated heterocycles. The lowest BCUT2D eigenvalue weighted by atomic mass is 10.1. The topological polar surface area (TPSA) is 35.9 Å². The van der Waals surface area contributed by atoms with Crippen molar-refractivity contribution in [3.05, 3.63) is 64.7 Å². The first-order valence-electron chi connectivity index (χ1n) is 9.92. The van der Waals surface area contributed by atoms with Gasteiger partial charge in [-0.3, -0.25) is 4.90 Å². The molecule has 1 aliphatic heterocycles. The number of aliphatic hydroxyl groups is 1. The van der Waals surface area contributed by atoms with Gasteiger partial charge in [0.25, 0.3) is 0 Å². The molecule has 0 bridgehead atoms. The van der Waals surface area contributed by atoms with E-state index in [0.29, 0.717) is 43.4 Å². The molecule has 0 aromatic heterocycles. The minimum atomic E-state index is -4.34. The highest BCUT2D eigenvalue weighted by atomic mass is 35.5. The maximum Gasteiger partial charge on any atom is 0.416 e. The standard InChI is InChI=1S/C22H26ClF3N2O2/c1-16(17-5-7-19(23)8-6-17)30-15-21(29)14-27-9-11-28(12-10-27)20-4-2-3-18(13-20)22(24,25)26/h2-8,13,16,21,29H,9-12,14-15H2,1H3/t16-,21+/m0/s1. The predicted octanol–water partition coefficient (Wildman–Crippen LogP) is 4.62. The van der Waals surface area contributed by atoms with E-state index in [0.717, 1.165) is 11.6 Å². The van der Waals surface area contributed by atoms with Crippen LogP contribution in [0.5, 0.6) is 0 Å². The Bertz CT molecular complexity index is 809. The number of β-amino-alcohol motifs (C(OH)–C–C–N with tert-alkyl or cyclic N) is 1. The smallest absolute Gasteiger partial charge is 0.389 e. The third-order valence-corrected chi connectivity index (χ3v) is 5.51. The van der Waals surface area contributed by atoms with Gasteiger partial charge in [-0.05, 0) is 42.8 Å². The molecule has 4 nitrogen and oxygen atoms in total. The van der Waals surface area contributed by atoms with E-state index in [2.05, 4.69) is 4.90 Å². The number of aliphatic hydroxyl groups excluding tert-OH is 1. The molecule has 1 fully saturated rings. The van der Waals surface area contributed by atoms with Crippen molar-refractivity contribution >= 4 is 17.3 Å². The van der Waals surface area contributed by atoms with Crippen LogP contribution in [0.2, 0.25) is 5.02 Å². The van der Waals surface area contributed by atoms with Gasteiger partial charge in [0.15, 0.2) is 0 Å². The molecule has 0 unspecified atom stereocenters. The van der Waals surface area contributed by atoms with E-state index in [1.807, 2.05) is 24.0 Å². The van der Waals surface area contributed by atoms with Crippen molar-refractivity contribution < 1.29 is 23.0 Å². The van der Waals surface area contributed by atoms with Crippen molar-refractivity contribution in [1.29, 1.82) is 0 Å². The SMILES string of the molecule is C[C@H](OC[C@H](O)CN1CCN(c2cccc(C(F)(F)F)c2)CC1)c1ccc(Cl)cc1. The molecule has 0 radical (unpaired) electrons. The van der Waals surface area contributed by atoms with Gasteiger partial charge in [0, 0.05) is 43.4 Å². The van der Waals surface area contributed by atoms with E-state index in [9.17, 15) is 18.3 Å². The number of halogens is 4. The van der Waals surface area contributed by atoms with Gasteiger partial charge in [0.05, 0.1) is 24.4 Å². The van der Waals surface area contributed by atoms with Crippen LogP contribution >= 0.6 is 11.6 Å². The molecule has 164 valence electrons. The molecule has 3 rings (SSSR count). The zero-order valence-corrected chi connectivity index (χ0v) is 17.5.